The zero-order valence-electron chi connectivity index (χ0n) is 11.0. The molecule has 0 aromatic carbocycles. The van der Waals surface area contributed by atoms with Crippen LogP contribution in [0.1, 0.15) is 34.1 Å². The van der Waals surface area contributed by atoms with E-state index >= 15 is 0 Å². The lowest BCUT2D eigenvalue weighted by Crippen LogP contribution is -2.42. The molecule has 0 radical (unpaired) electrons. The minimum absolute atomic E-state index is 0.421. The van der Waals surface area contributed by atoms with Crippen LogP contribution in [0.15, 0.2) is 4.99 Å². The Labute approximate surface area is 102 Å². The third-order valence-corrected chi connectivity index (χ3v) is 1.63. The fourth-order valence-corrected chi connectivity index (χ4v) is 0.986. The lowest BCUT2D eigenvalue weighted by Gasteiger charge is -2.19. The number of hydrogen-bond donors (Lipinski definition) is 4. The number of hydrazine groups is 2. The molecule has 100 valence electrons. The maximum absolute atomic E-state index is 11.3. The number of carbonyl (C=O) groups is 1. The fourth-order valence-electron chi connectivity index (χ4n) is 0.986. The van der Waals surface area contributed by atoms with Crippen molar-refractivity contribution in [1.29, 1.82) is 0 Å². The molecule has 0 rings (SSSR count). The second-order valence-electron chi connectivity index (χ2n) is 4.38. The van der Waals surface area contributed by atoms with E-state index < -0.39 is 11.7 Å². The van der Waals surface area contributed by atoms with Crippen LogP contribution >= 0.6 is 0 Å². The third kappa shape index (κ3) is 9.58. The Bertz CT molecular complexity index is 260. The molecule has 17 heavy (non-hydrogen) atoms. The Balaban J connectivity index is 3.80. The number of ether oxygens (including phenoxy) is 1. The van der Waals surface area contributed by atoms with E-state index in [1.165, 1.54) is 0 Å². The summed E-state index contributed by atoms with van der Waals surface area (Å²) in [6, 6.07) is 0. The molecular formula is C10H23N5O2. The van der Waals surface area contributed by atoms with E-state index in [0.29, 0.717) is 13.1 Å². The van der Waals surface area contributed by atoms with Gasteiger partial charge in [0.05, 0.1) is 6.54 Å². The van der Waals surface area contributed by atoms with Crippen molar-refractivity contribution < 1.29 is 9.53 Å². The van der Waals surface area contributed by atoms with Crippen molar-refractivity contribution in [3.05, 3.63) is 0 Å². The lowest BCUT2D eigenvalue weighted by molar-refractivity contribution is 0.0529. The molecule has 0 saturated heterocycles. The first kappa shape index (κ1) is 15.7. The monoisotopic (exact) mass is 245 g/mol. The number of rotatable bonds is 5. The molecule has 0 fully saturated rings. The molecule has 0 aliphatic carbocycles. The number of hydrogen-bond acceptors (Lipinski definition) is 5. The summed E-state index contributed by atoms with van der Waals surface area (Å²) in [5.74, 6) is 5.83. The first-order chi connectivity index (χ1) is 7.89. The molecule has 0 bridgehead atoms. The molecular weight excluding hydrogens is 222 g/mol. The summed E-state index contributed by atoms with van der Waals surface area (Å²) in [5.41, 5.74) is 4.52. The predicted octanol–water partition coefficient (Wildman–Crippen LogP) is 0.288. The van der Waals surface area contributed by atoms with Gasteiger partial charge in [-0.3, -0.25) is 16.3 Å². The summed E-state index contributed by atoms with van der Waals surface area (Å²) >= 11 is 0. The van der Waals surface area contributed by atoms with Crippen LogP contribution in [0.2, 0.25) is 0 Å². The molecule has 0 atom stereocenters. The van der Waals surface area contributed by atoms with Crippen molar-refractivity contribution in [1.82, 2.24) is 16.3 Å². The van der Waals surface area contributed by atoms with Crippen LogP contribution < -0.4 is 22.1 Å². The molecule has 0 unspecified atom stereocenters. The molecule has 0 heterocycles. The first-order valence-corrected chi connectivity index (χ1v) is 5.61. The normalized spacial score (nSPS) is 12.2. The third-order valence-electron chi connectivity index (χ3n) is 1.63. The summed E-state index contributed by atoms with van der Waals surface area (Å²) in [5, 5.41) is 2.61. The van der Waals surface area contributed by atoms with Gasteiger partial charge in [-0.1, -0.05) is 6.92 Å². The van der Waals surface area contributed by atoms with Gasteiger partial charge in [0.1, 0.15) is 11.4 Å². The molecule has 7 nitrogen and oxygen atoms in total. The average molecular weight is 245 g/mol. The van der Waals surface area contributed by atoms with Crippen molar-refractivity contribution in [3.63, 3.8) is 0 Å². The highest BCUT2D eigenvalue weighted by atomic mass is 16.6. The van der Waals surface area contributed by atoms with Crippen molar-refractivity contribution in [2.45, 2.75) is 39.7 Å². The quantitative estimate of drug-likeness (QED) is 0.183. The highest BCUT2D eigenvalue weighted by molar-refractivity contribution is 5.81. The summed E-state index contributed by atoms with van der Waals surface area (Å²) in [4.78, 5) is 15.5. The van der Waals surface area contributed by atoms with Crippen LogP contribution in [0.4, 0.5) is 4.79 Å². The van der Waals surface area contributed by atoms with E-state index in [-0.39, 0.29) is 0 Å². The smallest absolute Gasteiger partial charge is 0.407 e. The zero-order valence-corrected chi connectivity index (χ0v) is 11.0. The standard InChI is InChI=1S/C10H23N5O2/c1-5-8(14-15-11)12-6-7-13-9(16)17-10(2,3)4/h15H,5-7,11H2,1-4H3,(H,12,14)(H,13,16). The van der Waals surface area contributed by atoms with Gasteiger partial charge in [-0.2, -0.15) is 5.53 Å². The van der Waals surface area contributed by atoms with Gasteiger partial charge in [0.15, 0.2) is 0 Å². The number of nitrogens with one attached hydrogen (secondary N) is 3. The molecule has 5 N–H and O–H groups in total. The second-order valence-corrected chi connectivity index (χ2v) is 4.38. The summed E-state index contributed by atoms with van der Waals surface area (Å²) in [6.07, 6.45) is 0.298. The number of aliphatic imine (C=N–C) groups is 1. The number of nitrogens with two attached hydrogens (primary N) is 1. The summed E-state index contributed by atoms with van der Waals surface area (Å²) in [7, 11) is 0. The molecule has 0 aliphatic rings. The zero-order chi connectivity index (χ0) is 13.3. The van der Waals surface area contributed by atoms with E-state index in [9.17, 15) is 4.79 Å². The van der Waals surface area contributed by atoms with Crippen LogP contribution in [0.25, 0.3) is 0 Å². The van der Waals surface area contributed by atoms with Gasteiger partial charge in [-0.05, 0) is 20.8 Å². The molecule has 7 heteroatoms. The maximum Gasteiger partial charge on any atom is 0.407 e. The van der Waals surface area contributed by atoms with Gasteiger partial charge >= 0.3 is 6.09 Å². The van der Waals surface area contributed by atoms with E-state index in [1.54, 1.807) is 0 Å². The van der Waals surface area contributed by atoms with Gasteiger partial charge < -0.3 is 10.1 Å². The van der Waals surface area contributed by atoms with Crippen molar-refractivity contribution in [2.75, 3.05) is 13.1 Å². The number of alkyl carbamates (subject to hydrolysis) is 1. The highest BCUT2D eigenvalue weighted by Gasteiger charge is 2.15. The lowest BCUT2D eigenvalue weighted by atomic mass is 10.2. The Hall–Kier alpha value is -1.34. The van der Waals surface area contributed by atoms with E-state index in [2.05, 4.69) is 21.3 Å². The van der Waals surface area contributed by atoms with Crippen LogP contribution in [0.3, 0.4) is 0 Å². The van der Waals surface area contributed by atoms with Crippen molar-refractivity contribution in [3.8, 4) is 0 Å². The van der Waals surface area contributed by atoms with Gasteiger partial charge in [0.2, 0.25) is 0 Å². The van der Waals surface area contributed by atoms with Gasteiger partial charge in [-0.15, -0.1) is 0 Å². The largest absolute Gasteiger partial charge is 0.444 e. The Kier molecular flexibility index (Phi) is 7.24. The number of amides is 1. The van der Waals surface area contributed by atoms with E-state index in [4.69, 9.17) is 10.6 Å². The maximum atomic E-state index is 11.3. The molecule has 1 amide bonds. The molecule has 0 aromatic heterocycles. The van der Waals surface area contributed by atoms with Crippen LogP contribution in [0.5, 0.6) is 0 Å². The van der Waals surface area contributed by atoms with Gasteiger partial charge in [0.25, 0.3) is 0 Å². The van der Waals surface area contributed by atoms with Crippen LogP contribution in [-0.4, -0.2) is 30.6 Å². The first-order valence-electron chi connectivity index (χ1n) is 5.61. The average Bonchev–Trinajstić information content (AvgIpc) is 2.20. The molecule has 0 spiro atoms. The van der Waals surface area contributed by atoms with E-state index in [1.807, 2.05) is 27.7 Å². The SMILES string of the molecule is CCC(=NCCNC(=O)OC(C)(C)C)NNN. The van der Waals surface area contributed by atoms with E-state index in [0.717, 1.165) is 12.3 Å². The number of carbonyl (C=O) groups excluding carboxylic acids is 1. The second kappa shape index (κ2) is 7.86. The van der Waals surface area contributed by atoms with Crippen LogP contribution in [0, 0.1) is 0 Å². The molecule has 0 aromatic rings. The summed E-state index contributed by atoms with van der Waals surface area (Å²) < 4.78 is 5.07. The van der Waals surface area contributed by atoms with Crippen molar-refractivity contribution >= 4 is 11.9 Å². The highest BCUT2D eigenvalue weighted by Crippen LogP contribution is 2.05. The van der Waals surface area contributed by atoms with Gasteiger partial charge in [0, 0.05) is 13.0 Å². The Morgan fingerprint density at radius 2 is 2.06 bits per heavy atom. The topological polar surface area (TPSA) is 101 Å². The van der Waals surface area contributed by atoms with Crippen LogP contribution in [-0.2, 0) is 4.74 Å². The Morgan fingerprint density at radius 1 is 1.41 bits per heavy atom. The molecule has 0 aliphatic heterocycles. The number of amidine groups is 1. The Morgan fingerprint density at radius 3 is 2.53 bits per heavy atom. The van der Waals surface area contributed by atoms with Gasteiger partial charge in [-0.25, -0.2) is 4.79 Å². The predicted molar refractivity (Wildman–Crippen MR) is 67.3 cm³/mol. The molecule has 0 saturated carbocycles. The minimum atomic E-state index is -0.479. The number of nitrogens with zero attached hydrogens (tertiary/aromatic N) is 1. The fraction of sp³-hybridized carbons (Fsp3) is 0.800. The summed E-state index contributed by atoms with van der Waals surface area (Å²) in [6.45, 7) is 8.29. The van der Waals surface area contributed by atoms with Crippen molar-refractivity contribution in [2.24, 2.45) is 10.8 Å². The minimum Gasteiger partial charge on any atom is -0.444 e.